The minimum Gasteiger partial charge on any atom is -0.462 e. The van der Waals surface area contributed by atoms with Gasteiger partial charge in [-0.3, -0.25) is 14.4 Å². The van der Waals surface area contributed by atoms with Crippen LogP contribution in [0.2, 0.25) is 0 Å². The van der Waals surface area contributed by atoms with Crippen LogP contribution in [-0.2, 0) is 28.6 Å². The molecule has 0 aromatic rings. The summed E-state index contributed by atoms with van der Waals surface area (Å²) in [6, 6.07) is 0. The highest BCUT2D eigenvalue weighted by Crippen LogP contribution is 2.20. The number of unbranched alkanes of at least 4 members (excludes halogenated alkanes) is 4. The van der Waals surface area contributed by atoms with Crippen molar-refractivity contribution in [1.82, 2.24) is 0 Å². The molecule has 8 heteroatoms. The molecule has 0 bridgehead atoms. The molecule has 1 heterocycles. The molecule has 0 aromatic carbocycles. The molecule has 8 nitrogen and oxygen atoms in total. The highest BCUT2D eigenvalue weighted by molar-refractivity contribution is 5.75. The molecule has 6 atom stereocenters. The number of cyclic esters (lactones) is 1. The first-order chi connectivity index (χ1) is 14.6. The van der Waals surface area contributed by atoms with E-state index >= 15 is 0 Å². The number of carbonyl (C=O) groups excluding carboxylic acids is 3. The zero-order chi connectivity index (χ0) is 23.4. The molecule has 0 spiro atoms. The Kier molecular flexibility index (Phi) is 12.4. The minimum absolute atomic E-state index is 0.145. The lowest BCUT2D eigenvalue weighted by molar-refractivity contribution is -0.163. The highest BCUT2D eigenvalue weighted by Gasteiger charge is 2.29. The van der Waals surface area contributed by atoms with Crippen molar-refractivity contribution in [1.29, 1.82) is 0 Å². The van der Waals surface area contributed by atoms with Crippen LogP contribution in [0.3, 0.4) is 0 Å². The normalized spacial score (nSPS) is 27.5. The second-order valence-corrected chi connectivity index (χ2v) is 8.28. The molecule has 2 N–H and O–H groups in total. The summed E-state index contributed by atoms with van der Waals surface area (Å²) in [4.78, 5) is 35.9. The van der Waals surface area contributed by atoms with Crippen LogP contribution in [0.1, 0.15) is 79.1 Å². The first kappa shape index (κ1) is 27.1. The van der Waals surface area contributed by atoms with Crippen molar-refractivity contribution in [3.05, 3.63) is 12.2 Å². The van der Waals surface area contributed by atoms with Gasteiger partial charge in [-0.05, 0) is 32.8 Å². The molecule has 31 heavy (non-hydrogen) atoms. The maximum absolute atomic E-state index is 12.4. The molecule has 1 aliphatic heterocycles. The standard InChI is InChI=1S/C23H38O8/c1-5-6-7-8-9-10-18-13-21(26)20(25)12-11-19(14-22(27)30-18)31-23(28)15(2)16(3)29-17(4)24/h11-12,15-16,18-21,25-26H,5-10,13-14H2,1-4H3/b12-11+/t15-,16-,18+,19+,20+,21-/m0/s1. The van der Waals surface area contributed by atoms with E-state index in [0.717, 1.165) is 32.1 Å². The van der Waals surface area contributed by atoms with Gasteiger partial charge in [0.2, 0.25) is 0 Å². The van der Waals surface area contributed by atoms with Gasteiger partial charge in [0.25, 0.3) is 0 Å². The molecule has 0 saturated heterocycles. The summed E-state index contributed by atoms with van der Waals surface area (Å²) in [5.74, 6) is -2.43. The van der Waals surface area contributed by atoms with E-state index in [4.69, 9.17) is 14.2 Å². The Morgan fingerprint density at radius 1 is 1.16 bits per heavy atom. The Morgan fingerprint density at radius 3 is 2.48 bits per heavy atom. The van der Waals surface area contributed by atoms with E-state index < -0.39 is 54.3 Å². The largest absolute Gasteiger partial charge is 0.462 e. The summed E-state index contributed by atoms with van der Waals surface area (Å²) < 4.78 is 15.9. The van der Waals surface area contributed by atoms with Gasteiger partial charge < -0.3 is 24.4 Å². The number of ether oxygens (including phenoxy) is 3. The number of hydrogen-bond acceptors (Lipinski definition) is 8. The van der Waals surface area contributed by atoms with E-state index in [0.29, 0.717) is 6.42 Å². The second-order valence-electron chi connectivity index (χ2n) is 8.28. The van der Waals surface area contributed by atoms with Crippen molar-refractivity contribution >= 4 is 17.9 Å². The molecule has 0 amide bonds. The van der Waals surface area contributed by atoms with Gasteiger partial charge in [-0.15, -0.1) is 0 Å². The molecule has 0 unspecified atom stereocenters. The predicted octanol–water partition coefficient (Wildman–Crippen LogP) is 2.83. The second kappa shape index (κ2) is 14.2. The van der Waals surface area contributed by atoms with Gasteiger partial charge in [-0.1, -0.05) is 38.7 Å². The van der Waals surface area contributed by atoms with Crippen LogP contribution in [0.4, 0.5) is 0 Å². The van der Waals surface area contributed by atoms with Gasteiger partial charge in [0, 0.05) is 13.3 Å². The van der Waals surface area contributed by atoms with Crippen LogP contribution in [0.25, 0.3) is 0 Å². The molecule has 1 rings (SSSR count). The number of rotatable bonds is 10. The Bertz CT molecular complexity index is 602. The molecule has 0 aliphatic carbocycles. The third kappa shape index (κ3) is 10.8. The molecular formula is C23H38O8. The van der Waals surface area contributed by atoms with Gasteiger partial charge in [0.05, 0.1) is 24.5 Å². The quantitative estimate of drug-likeness (QED) is 0.229. The van der Waals surface area contributed by atoms with Crippen LogP contribution in [0.5, 0.6) is 0 Å². The first-order valence-corrected chi connectivity index (χ1v) is 11.3. The fourth-order valence-electron chi connectivity index (χ4n) is 3.33. The van der Waals surface area contributed by atoms with Crippen LogP contribution < -0.4 is 0 Å². The van der Waals surface area contributed by atoms with Crippen molar-refractivity contribution in [3.63, 3.8) is 0 Å². The lowest BCUT2D eigenvalue weighted by Gasteiger charge is -2.26. The van der Waals surface area contributed by atoms with Crippen molar-refractivity contribution in [2.45, 2.75) is 110 Å². The van der Waals surface area contributed by atoms with Crippen LogP contribution in [-0.4, -0.2) is 58.6 Å². The maximum atomic E-state index is 12.4. The van der Waals surface area contributed by atoms with Gasteiger partial charge in [0.1, 0.15) is 18.3 Å². The zero-order valence-corrected chi connectivity index (χ0v) is 19.1. The van der Waals surface area contributed by atoms with E-state index in [2.05, 4.69) is 6.92 Å². The van der Waals surface area contributed by atoms with Crippen molar-refractivity contribution in [2.24, 2.45) is 5.92 Å². The van der Waals surface area contributed by atoms with Gasteiger partial charge in [-0.25, -0.2) is 0 Å². The molecular weight excluding hydrogens is 404 g/mol. The van der Waals surface area contributed by atoms with Crippen LogP contribution in [0, 0.1) is 5.92 Å². The summed E-state index contributed by atoms with van der Waals surface area (Å²) in [7, 11) is 0. The van der Waals surface area contributed by atoms with E-state index in [1.807, 2.05) is 0 Å². The van der Waals surface area contributed by atoms with Gasteiger partial charge in [0.15, 0.2) is 0 Å². The minimum atomic E-state index is -1.17. The predicted molar refractivity (Wildman–Crippen MR) is 114 cm³/mol. The number of esters is 3. The van der Waals surface area contributed by atoms with Gasteiger partial charge >= 0.3 is 17.9 Å². The fraction of sp³-hybridized carbons (Fsp3) is 0.783. The van der Waals surface area contributed by atoms with Crippen molar-refractivity contribution in [2.75, 3.05) is 0 Å². The fourth-order valence-corrected chi connectivity index (χ4v) is 3.33. The summed E-state index contributed by atoms with van der Waals surface area (Å²) in [5, 5.41) is 20.5. The third-order valence-corrected chi connectivity index (χ3v) is 5.41. The SMILES string of the molecule is CCCCCCC[C@@H]1C[C@H](O)[C@H](O)/C=C/[C@@H](OC(=O)[C@@H](C)[C@H](C)OC(C)=O)CC(=O)O1. The van der Waals surface area contributed by atoms with Crippen molar-refractivity contribution in [3.8, 4) is 0 Å². The monoisotopic (exact) mass is 442 g/mol. The smallest absolute Gasteiger partial charge is 0.313 e. The maximum Gasteiger partial charge on any atom is 0.313 e. The van der Waals surface area contributed by atoms with E-state index in [1.54, 1.807) is 13.8 Å². The van der Waals surface area contributed by atoms with Gasteiger partial charge in [-0.2, -0.15) is 0 Å². The molecule has 0 radical (unpaired) electrons. The first-order valence-electron chi connectivity index (χ1n) is 11.3. The Labute approximate surface area is 184 Å². The number of carbonyl (C=O) groups is 3. The summed E-state index contributed by atoms with van der Waals surface area (Å²) in [5.41, 5.74) is 0. The topological polar surface area (TPSA) is 119 Å². The number of hydrogen-bond donors (Lipinski definition) is 2. The lowest BCUT2D eigenvalue weighted by Crippen LogP contribution is -2.35. The van der Waals surface area contributed by atoms with E-state index in [1.165, 1.54) is 19.1 Å². The van der Waals surface area contributed by atoms with E-state index in [9.17, 15) is 24.6 Å². The van der Waals surface area contributed by atoms with Crippen LogP contribution >= 0.6 is 0 Å². The molecule has 178 valence electrons. The Morgan fingerprint density at radius 2 is 1.84 bits per heavy atom. The Balaban J connectivity index is 2.75. The van der Waals surface area contributed by atoms with E-state index in [-0.39, 0.29) is 12.8 Å². The average molecular weight is 443 g/mol. The van der Waals surface area contributed by atoms with Crippen molar-refractivity contribution < 1.29 is 38.8 Å². The molecule has 0 saturated carbocycles. The summed E-state index contributed by atoms with van der Waals surface area (Å²) in [6.45, 7) is 6.53. The number of aliphatic hydroxyl groups excluding tert-OH is 2. The summed E-state index contributed by atoms with van der Waals surface area (Å²) >= 11 is 0. The third-order valence-electron chi connectivity index (χ3n) is 5.41. The Hall–Kier alpha value is -1.93. The lowest BCUT2D eigenvalue weighted by atomic mass is 9.99. The van der Waals surface area contributed by atoms with Crippen LogP contribution in [0.15, 0.2) is 12.2 Å². The molecule has 1 aliphatic rings. The zero-order valence-electron chi connectivity index (χ0n) is 19.1. The molecule has 0 fully saturated rings. The number of aliphatic hydroxyl groups is 2. The average Bonchev–Trinajstić information content (AvgIpc) is 2.69. The highest BCUT2D eigenvalue weighted by atomic mass is 16.6. The summed E-state index contributed by atoms with van der Waals surface area (Å²) in [6.07, 6.45) is 4.09. The molecule has 0 aromatic heterocycles.